The molecule has 0 bridgehead atoms. The highest BCUT2D eigenvalue weighted by molar-refractivity contribution is 5.92. The van der Waals surface area contributed by atoms with Crippen molar-refractivity contribution in [2.75, 3.05) is 6.61 Å². The van der Waals surface area contributed by atoms with Crippen LogP contribution in [-0.2, 0) is 9.53 Å². The Morgan fingerprint density at radius 3 is 2.62 bits per heavy atom. The first-order valence-electron chi connectivity index (χ1n) is 7.42. The number of primary amides is 1. The van der Waals surface area contributed by atoms with Crippen molar-refractivity contribution in [1.82, 2.24) is 10.4 Å². The van der Waals surface area contributed by atoms with E-state index in [1.54, 1.807) is 13.0 Å². The predicted octanol–water partition coefficient (Wildman–Crippen LogP) is 1.35. The summed E-state index contributed by atoms with van der Waals surface area (Å²) in [5.74, 6) is -2.35. The molecule has 0 saturated heterocycles. The number of hydrogen-bond acceptors (Lipinski definition) is 5. The van der Waals surface area contributed by atoms with Gasteiger partial charge in [0.25, 0.3) is 0 Å². The maximum atomic E-state index is 14.3. The van der Waals surface area contributed by atoms with E-state index in [1.807, 2.05) is 0 Å². The number of halogens is 1. The van der Waals surface area contributed by atoms with Gasteiger partial charge in [0.05, 0.1) is 18.1 Å². The Bertz CT molecular complexity index is 702. The molecule has 1 aliphatic rings. The third-order valence-electron chi connectivity index (χ3n) is 3.95. The van der Waals surface area contributed by atoms with Crippen molar-refractivity contribution in [3.63, 3.8) is 0 Å². The SMILES string of the molecule is CCOC(=O)C1=C(C)N(NC(N)=O)C(C)(O)C1c1ccccc1F. The zero-order chi connectivity index (χ0) is 18.1. The number of benzene rings is 1. The van der Waals surface area contributed by atoms with Crippen LogP contribution in [0.1, 0.15) is 32.3 Å². The van der Waals surface area contributed by atoms with Crippen molar-refractivity contribution in [2.24, 2.45) is 5.73 Å². The topological polar surface area (TPSA) is 105 Å². The van der Waals surface area contributed by atoms with Gasteiger partial charge in [-0.05, 0) is 26.8 Å². The quantitative estimate of drug-likeness (QED) is 0.720. The summed E-state index contributed by atoms with van der Waals surface area (Å²) in [5.41, 5.74) is 5.97. The number of esters is 1. The number of urea groups is 1. The minimum atomic E-state index is -1.82. The third kappa shape index (κ3) is 2.92. The average molecular weight is 337 g/mol. The van der Waals surface area contributed by atoms with Crippen LogP contribution in [0.5, 0.6) is 0 Å². The smallest absolute Gasteiger partial charge is 0.336 e. The number of carbonyl (C=O) groups is 2. The van der Waals surface area contributed by atoms with E-state index in [4.69, 9.17) is 10.5 Å². The molecule has 4 N–H and O–H groups in total. The van der Waals surface area contributed by atoms with Crippen LogP contribution in [0.4, 0.5) is 9.18 Å². The molecular weight excluding hydrogens is 317 g/mol. The van der Waals surface area contributed by atoms with E-state index in [2.05, 4.69) is 5.43 Å². The number of rotatable bonds is 4. The lowest BCUT2D eigenvalue weighted by atomic mass is 9.85. The molecule has 24 heavy (non-hydrogen) atoms. The number of allylic oxidation sites excluding steroid dienone is 1. The van der Waals surface area contributed by atoms with E-state index in [9.17, 15) is 19.1 Å². The molecule has 1 aromatic carbocycles. The molecule has 2 amide bonds. The molecule has 0 aromatic heterocycles. The fourth-order valence-corrected chi connectivity index (χ4v) is 3.01. The molecule has 2 unspecified atom stereocenters. The molecule has 8 heteroatoms. The zero-order valence-electron chi connectivity index (χ0n) is 13.7. The van der Waals surface area contributed by atoms with Gasteiger partial charge in [0, 0.05) is 11.3 Å². The predicted molar refractivity (Wildman–Crippen MR) is 83.7 cm³/mol. The molecule has 0 fully saturated rings. The maximum absolute atomic E-state index is 14.3. The molecule has 2 atom stereocenters. The van der Waals surface area contributed by atoms with E-state index >= 15 is 0 Å². The summed E-state index contributed by atoms with van der Waals surface area (Å²) in [6.45, 7) is 4.62. The Balaban J connectivity index is 2.62. The van der Waals surface area contributed by atoms with Gasteiger partial charge in [0.2, 0.25) is 0 Å². The minimum absolute atomic E-state index is 0.0562. The van der Waals surface area contributed by atoms with Crippen LogP contribution in [0, 0.1) is 5.82 Å². The third-order valence-corrected chi connectivity index (χ3v) is 3.95. The molecule has 0 spiro atoms. The summed E-state index contributed by atoms with van der Waals surface area (Å²) in [6, 6.07) is 4.87. The van der Waals surface area contributed by atoms with Crippen LogP contribution >= 0.6 is 0 Å². The minimum Gasteiger partial charge on any atom is -0.463 e. The Morgan fingerprint density at radius 2 is 2.08 bits per heavy atom. The first-order chi connectivity index (χ1) is 11.2. The monoisotopic (exact) mass is 337 g/mol. The summed E-state index contributed by atoms with van der Waals surface area (Å²) in [7, 11) is 0. The number of nitrogens with one attached hydrogen (secondary N) is 1. The van der Waals surface area contributed by atoms with Crippen LogP contribution in [0.25, 0.3) is 0 Å². The second-order valence-electron chi connectivity index (χ2n) is 5.58. The van der Waals surface area contributed by atoms with Gasteiger partial charge in [-0.25, -0.2) is 19.4 Å². The number of nitrogens with zero attached hydrogens (tertiary/aromatic N) is 1. The van der Waals surface area contributed by atoms with E-state index in [0.717, 1.165) is 5.01 Å². The van der Waals surface area contributed by atoms with Gasteiger partial charge in [-0.15, -0.1) is 0 Å². The van der Waals surface area contributed by atoms with Gasteiger partial charge in [-0.1, -0.05) is 18.2 Å². The fourth-order valence-electron chi connectivity index (χ4n) is 3.01. The summed E-state index contributed by atoms with van der Waals surface area (Å²) < 4.78 is 19.3. The van der Waals surface area contributed by atoms with E-state index in [1.165, 1.54) is 32.0 Å². The average Bonchev–Trinajstić information content (AvgIpc) is 2.68. The zero-order valence-corrected chi connectivity index (χ0v) is 13.7. The van der Waals surface area contributed by atoms with E-state index < -0.39 is 29.5 Å². The summed E-state index contributed by atoms with van der Waals surface area (Å²) in [6.07, 6.45) is 0. The van der Waals surface area contributed by atoms with E-state index in [0.29, 0.717) is 0 Å². The van der Waals surface area contributed by atoms with Crippen LogP contribution < -0.4 is 11.2 Å². The number of hydrogen-bond donors (Lipinski definition) is 3. The number of aliphatic hydroxyl groups is 1. The lowest BCUT2D eigenvalue weighted by molar-refractivity contribution is -0.139. The standard InChI is InChI=1S/C16H20FN3O4/c1-4-24-14(21)12-9(2)20(19-15(18)22)16(3,23)13(12)10-7-5-6-8-11(10)17/h5-8,13,23H,4H2,1-3H3,(H3,18,19,22). The van der Waals surface area contributed by atoms with E-state index in [-0.39, 0.29) is 23.4 Å². The first kappa shape index (κ1) is 17.7. The molecule has 1 heterocycles. The second kappa shape index (κ2) is 6.48. The lowest BCUT2D eigenvalue weighted by Gasteiger charge is -2.36. The summed E-state index contributed by atoms with van der Waals surface area (Å²) in [5, 5.41) is 12.0. The molecule has 0 radical (unpaired) electrons. The highest BCUT2D eigenvalue weighted by Gasteiger charge is 2.52. The van der Waals surface area contributed by atoms with Crippen LogP contribution in [0.3, 0.4) is 0 Å². The van der Waals surface area contributed by atoms with Crippen molar-refractivity contribution in [3.05, 3.63) is 46.9 Å². The van der Waals surface area contributed by atoms with Crippen LogP contribution in [-0.4, -0.2) is 34.4 Å². The van der Waals surface area contributed by atoms with Gasteiger partial charge in [-0.2, -0.15) is 0 Å². The van der Waals surface area contributed by atoms with Crippen molar-refractivity contribution < 1.29 is 23.8 Å². The van der Waals surface area contributed by atoms with Gasteiger partial charge < -0.3 is 15.6 Å². The second-order valence-corrected chi connectivity index (χ2v) is 5.58. The largest absolute Gasteiger partial charge is 0.463 e. The molecule has 7 nitrogen and oxygen atoms in total. The number of amides is 2. The van der Waals surface area contributed by atoms with Gasteiger partial charge in [-0.3, -0.25) is 5.01 Å². The van der Waals surface area contributed by atoms with Gasteiger partial charge in [0.15, 0.2) is 5.72 Å². The van der Waals surface area contributed by atoms with Crippen molar-refractivity contribution in [1.29, 1.82) is 0 Å². The Labute approximate surface area is 138 Å². The Hall–Kier alpha value is -2.61. The van der Waals surface area contributed by atoms with Gasteiger partial charge in [0.1, 0.15) is 5.82 Å². The highest BCUT2D eigenvalue weighted by atomic mass is 19.1. The van der Waals surface area contributed by atoms with Gasteiger partial charge >= 0.3 is 12.0 Å². The molecule has 2 rings (SSSR count). The lowest BCUT2D eigenvalue weighted by Crippen LogP contribution is -2.55. The molecule has 1 aromatic rings. The van der Waals surface area contributed by atoms with Crippen LogP contribution in [0.2, 0.25) is 0 Å². The Kier molecular flexibility index (Phi) is 4.79. The molecule has 130 valence electrons. The summed E-state index contributed by atoms with van der Waals surface area (Å²) >= 11 is 0. The highest BCUT2D eigenvalue weighted by Crippen LogP contribution is 2.46. The molecule has 0 aliphatic carbocycles. The normalized spacial score (nSPS) is 23.4. The van der Waals surface area contributed by atoms with Crippen molar-refractivity contribution in [3.8, 4) is 0 Å². The summed E-state index contributed by atoms with van der Waals surface area (Å²) in [4.78, 5) is 23.6. The Morgan fingerprint density at radius 1 is 1.46 bits per heavy atom. The fraction of sp³-hybridized carbons (Fsp3) is 0.375. The van der Waals surface area contributed by atoms with Crippen molar-refractivity contribution >= 4 is 12.0 Å². The first-order valence-corrected chi connectivity index (χ1v) is 7.42. The number of hydrazine groups is 1. The molecular formula is C16H20FN3O4. The van der Waals surface area contributed by atoms with Crippen molar-refractivity contribution in [2.45, 2.75) is 32.4 Å². The number of carbonyl (C=O) groups excluding carboxylic acids is 2. The molecule has 1 aliphatic heterocycles. The maximum Gasteiger partial charge on any atom is 0.336 e. The van der Waals surface area contributed by atoms with Crippen LogP contribution in [0.15, 0.2) is 35.5 Å². The number of ether oxygens (including phenoxy) is 1. The molecule has 0 saturated carbocycles. The number of nitrogens with two attached hydrogens (primary N) is 1.